The van der Waals surface area contributed by atoms with Gasteiger partial charge < -0.3 is 10.1 Å². The zero-order valence-electron chi connectivity index (χ0n) is 11.9. The first-order chi connectivity index (χ1) is 9.22. The minimum Gasteiger partial charge on any atom is -0.381 e. The van der Waals surface area contributed by atoms with Crippen molar-refractivity contribution >= 4 is 11.6 Å². The maximum atomic E-state index is 5.95. The summed E-state index contributed by atoms with van der Waals surface area (Å²) >= 11 is 5.95. The molecule has 1 saturated carbocycles. The van der Waals surface area contributed by atoms with E-state index in [4.69, 9.17) is 16.3 Å². The van der Waals surface area contributed by atoms with Gasteiger partial charge in [0.2, 0.25) is 0 Å². The Morgan fingerprint density at radius 3 is 2.68 bits per heavy atom. The molecule has 1 aromatic rings. The van der Waals surface area contributed by atoms with E-state index in [0.717, 1.165) is 17.9 Å². The van der Waals surface area contributed by atoms with Crippen molar-refractivity contribution in [1.82, 2.24) is 5.32 Å². The quantitative estimate of drug-likeness (QED) is 0.867. The van der Waals surface area contributed by atoms with E-state index < -0.39 is 0 Å². The molecule has 0 spiro atoms. The fourth-order valence-electron chi connectivity index (χ4n) is 2.94. The van der Waals surface area contributed by atoms with Gasteiger partial charge in [-0.2, -0.15) is 0 Å². The second kappa shape index (κ2) is 7.28. The second-order valence-electron chi connectivity index (χ2n) is 5.40. The van der Waals surface area contributed by atoms with Crippen molar-refractivity contribution in [3.63, 3.8) is 0 Å². The summed E-state index contributed by atoms with van der Waals surface area (Å²) in [5.74, 6) is 0. The van der Waals surface area contributed by atoms with Gasteiger partial charge in [-0.05, 0) is 49.8 Å². The summed E-state index contributed by atoms with van der Waals surface area (Å²) in [4.78, 5) is 0. The van der Waals surface area contributed by atoms with Crippen LogP contribution < -0.4 is 5.32 Å². The highest BCUT2D eigenvalue weighted by atomic mass is 35.5. The molecule has 2 nitrogen and oxygen atoms in total. The van der Waals surface area contributed by atoms with Crippen molar-refractivity contribution < 1.29 is 4.74 Å². The lowest BCUT2D eigenvalue weighted by atomic mass is 9.91. The van der Waals surface area contributed by atoms with Gasteiger partial charge in [-0.3, -0.25) is 0 Å². The van der Waals surface area contributed by atoms with Gasteiger partial charge in [0.05, 0.1) is 6.10 Å². The van der Waals surface area contributed by atoms with Crippen LogP contribution in [0.4, 0.5) is 0 Å². The number of methoxy groups -OCH3 is 1. The van der Waals surface area contributed by atoms with Crippen LogP contribution in [0.1, 0.15) is 50.6 Å². The Hall–Kier alpha value is -0.570. The third-order valence-electron chi connectivity index (χ3n) is 4.08. The molecule has 0 saturated heterocycles. The average molecular weight is 282 g/mol. The first kappa shape index (κ1) is 14.8. The largest absolute Gasteiger partial charge is 0.381 e. The summed E-state index contributed by atoms with van der Waals surface area (Å²) < 4.78 is 5.50. The Labute approximate surface area is 121 Å². The molecular weight excluding hydrogens is 258 g/mol. The number of rotatable bonds is 5. The maximum Gasteiger partial charge on any atom is 0.0586 e. The van der Waals surface area contributed by atoms with Crippen molar-refractivity contribution in [3.8, 4) is 0 Å². The Bertz CT molecular complexity index is 379. The molecule has 1 fully saturated rings. The zero-order chi connectivity index (χ0) is 13.7. The summed E-state index contributed by atoms with van der Waals surface area (Å²) in [7, 11) is 1.82. The molecule has 3 heteroatoms. The van der Waals surface area contributed by atoms with Crippen LogP contribution in [0.3, 0.4) is 0 Å². The van der Waals surface area contributed by atoms with Gasteiger partial charge >= 0.3 is 0 Å². The van der Waals surface area contributed by atoms with Gasteiger partial charge in [0.25, 0.3) is 0 Å². The maximum absolute atomic E-state index is 5.95. The molecule has 1 aliphatic rings. The van der Waals surface area contributed by atoms with Gasteiger partial charge in [-0.25, -0.2) is 0 Å². The molecule has 106 valence electrons. The molecule has 0 amide bonds. The fraction of sp³-hybridized carbons (Fsp3) is 0.625. The minimum atomic E-state index is 0.415. The molecule has 19 heavy (non-hydrogen) atoms. The van der Waals surface area contributed by atoms with Crippen LogP contribution in [-0.2, 0) is 4.74 Å². The van der Waals surface area contributed by atoms with E-state index in [1.54, 1.807) is 0 Å². The molecule has 3 unspecified atom stereocenters. The Morgan fingerprint density at radius 2 is 2.05 bits per heavy atom. The number of benzene rings is 1. The van der Waals surface area contributed by atoms with Crippen molar-refractivity contribution in [3.05, 3.63) is 34.9 Å². The summed E-state index contributed by atoms with van der Waals surface area (Å²) in [5.41, 5.74) is 1.33. The van der Waals surface area contributed by atoms with Crippen molar-refractivity contribution in [2.24, 2.45) is 0 Å². The zero-order valence-corrected chi connectivity index (χ0v) is 12.6. The molecular formula is C16H24ClNO. The van der Waals surface area contributed by atoms with Gasteiger partial charge in [-0.1, -0.05) is 30.7 Å². The van der Waals surface area contributed by atoms with Gasteiger partial charge in [0.15, 0.2) is 0 Å². The third kappa shape index (κ3) is 4.20. The van der Waals surface area contributed by atoms with Crippen molar-refractivity contribution in [1.29, 1.82) is 0 Å². The predicted molar refractivity (Wildman–Crippen MR) is 80.7 cm³/mol. The highest BCUT2D eigenvalue weighted by molar-refractivity contribution is 6.30. The SMILES string of the molecule is CCC(NC1CCCC(OC)C1)c1ccc(Cl)cc1. The lowest BCUT2D eigenvalue weighted by Gasteiger charge is -2.32. The molecule has 1 aromatic carbocycles. The Kier molecular flexibility index (Phi) is 5.68. The molecule has 0 aliphatic heterocycles. The summed E-state index contributed by atoms with van der Waals surface area (Å²) in [6.07, 6.45) is 6.36. The smallest absolute Gasteiger partial charge is 0.0586 e. The first-order valence-corrected chi connectivity index (χ1v) is 7.65. The number of ether oxygens (including phenoxy) is 1. The average Bonchev–Trinajstić information content (AvgIpc) is 2.46. The van der Waals surface area contributed by atoms with Crippen LogP contribution in [0.5, 0.6) is 0 Å². The topological polar surface area (TPSA) is 21.3 Å². The second-order valence-corrected chi connectivity index (χ2v) is 5.84. The lowest BCUT2D eigenvalue weighted by Crippen LogP contribution is -2.38. The monoisotopic (exact) mass is 281 g/mol. The van der Waals surface area contributed by atoms with E-state index in [1.165, 1.54) is 24.8 Å². The van der Waals surface area contributed by atoms with Gasteiger partial charge in [-0.15, -0.1) is 0 Å². The van der Waals surface area contributed by atoms with E-state index in [-0.39, 0.29) is 0 Å². The van der Waals surface area contributed by atoms with Crippen LogP contribution >= 0.6 is 11.6 Å². The van der Waals surface area contributed by atoms with Crippen LogP contribution in [0.15, 0.2) is 24.3 Å². The van der Waals surface area contributed by atoms with Crippen LogP contribution in [-0.4, -0.2) is 19.3 Å². The Balaban J connectivity index is 1.96. The Morgan fingerprint density at radius 1 is 1.32 bits per heavy atom. The van der Waals surface area contributed by atoms with E-state index in [1.807, 2.05) is 19.2 Å². The molecule has 1 aliphatic carbocycles. The predicted octanol–water partition coefficient (Wildman–Crippen LogP) is 4.34. The lowest BCUT2D eigenvalue weighted by molar-refractivity contribution is 0.0567. The molecule has 0 radical (unpaired) electrons. The van der Waals surface area contributed by atoms with Crippen LogP contribution in [0.2, 0.25) is 5.02 Å². The normalized spacial score (nSPS) is 25.2. The van der Waals surface area contributed by atoms with E-state index >= 15 is 0 Å². The van der Waals surface area contributed by atoms with Gasteiger partial charge in [0, 0.05) is 24.2 Å². The first-order valence-electron chi connectivity index (χ1n) is 7.27. The molecule has 2 rings (SSSR count). The number of nitrogens with one attached hydrogen (secondary N) is 1. The van der Waals surface area contributed by atoms with Crippen molar-refractivity contribution in [2.75, 3.05) is 7.11 Å². The standard InChI is InChI=1S/C16H24ClNO/c1-3-16(12-7-9-13(17)10-8-12)18-14-5-4-6-15(11-14)19-2/h7-10,14-16,18H,3-6,11H2,1-2H3. The number of hydrogen-bond donors (Lipinski definition) is 1. The summed E-state index contributed by atoms with van der Waals surface area (Å²) in [6.45, 7) is 2.23. The molecule has 0 aromatic heterocycles. The van der Waals surface area contributed by atoms with E-state index in [2.05, 4.69) is 24.4 Å². The van der Waals surface area contributed by atoms with E-state index in [9.17, 15) is 0 Å². The molecule has 3 atom stereocenters. The highest BCUT2D eigenvalue weighted by Gasteiger charge is 2.23. The summed E-state index contributed by atoms with van der Waals surface area (Å²) in [5, 5.41) is 4.58. The van der Waals surface area contributed by atoms with Crippen molar-refractivity contribution in [2.45, 2.75) is 57.2 Å². The highest BCUT2D eigenvalue weighted by Crippen LogP contribution is 2.25. The van der Waals surface area contributed by atoms with Crippen LogP contribution in [0, 0.1) is 0 Å². The minimum absolute atomic E-state index is 0.415. The molecule has 0 heterocycles. The van der Waals surface area contributed by atoms with E-state index in [0.29, 0.717) is 18.2 Å². The molecule has 0 bridgehead atoms. The summed E-state index contributed by atoms with van der Waals surface area (Å²) in [6, 6.07) is 9.18. The number of hydrogen-bond acceptors (Lipinski definition) is 2. The third-order valence-corrected chi connectivity index (χ3v) is 4.33. The fourth-order valence-corrected chi connectivity index (χ4v) is 3.07. The number of halogens is 1. The van der Waals surface area contributed by atoms with Gasteiger partial charge in [0.1, 0.15) is 0 Å². The molecule has 1 N–H and O–H groups in total. The van der Waals surface area contributed by atoms with Crippen LogP contribution in [0.25, 0.3) is 0 Å².